The molecule has 0 aliphatic heterocycles. The van der Waals surface area contributed by atoms with Gasteiger partial charge in [0.15, 0.2) is 0 Å². The van der Waals surface area contributed by atoms with Gasteiger partial charge < -0.3 is 9.73 Å². The Labute approximate surface area is 112 Å². The maximum atomic E-state index is 12.3. The van der Waals surface area contributed by atoms with Crippen molar-refractivity contribution in [1.29, 1.82) is 0 Å². The number of nitrogens with zero attached hydrogens (tertiary/aromatic N) is 3. The van der Waals surface area contributed by atoms with Crippen LogP contribution in [0.3, 0.4) is 0 Å². The molecule has 1 amide bonds. The summed E-state index contributed by atoms with van der Waals surface area (Å²) in [6.07, 6.45) is 3.44. The molecule has 2 aromatic heterocycles. The zero-order chi connectivity index (χ0) is 14.5. The van der Waals surface area contributed by atoms with Gasteiger partial charge >= 0.3 is 6.43 Å². The molecule has 0 unspecified atom stereocenters. The molecule has 2 heterocycles. The van der Waals surface area contributed by atoms with Crippen molar-refractivity contribution in [3.05, 3.63) is 29.9 Å². The van der Waals surface area contributed by atoms with E-state index >= 15 is 0 Å². The summed E-state index contributed by atoms with van der Waals surface area (Å²) in [6.45, 7) is 0.0870. The maximum absolute atomic E-state index is 12.3. The number of halogens is 2. The maximum Gasteiger partial charge on any atom is 0.314 e. The number of hydrogen-bond acceptors (Lipinski definition) is 5. The number of nitrogens with one attached hydrogen (secondary N) is 1. The van der Waals surface area contributed by atoms with E-state index in [1.807, 2.05) is 0 Å². The highest BCUT2D eigenvalue weighted by Crippen LogP contribution is 2.22. The smallest absolute Gasteiger partial charge is 0.314 e. The summed E-state index contributed by atoms with van der Waals surface area (Å²) in [6, 6.07) is 2.86. The van der Waals surface area contributed by atoms with E-state index in [1.54, 1.807) is 0 Å². The third-order valence-electron chi connectivity index (χ3n) is 2.22. The summed E-state index contributed by atoms with van der Waals surface area (Å²) in [5.41, 5.74) is 0.468. The quantitative estimate of drug-likeness (QED) is 0.856. The fraction of sp³-hybridized carbons (Fsp3) is 0.167. The lowest BCUT2D eigenvalue weighted by molar-refractivity contribution is 0.0953. The van der Waals surface area contributed by atoms with Gasteiger partial charge in [-0.1, -0.05) is 5.92 Å². The molecule has 0 spiro atoms. The molecule has 0 aromatic carbocycles. The van der Waals surface area contributed by atoms with Crippen LogP contribution in [-0.2, 0) is 0 Å². The third-order valence-corrected chi connectivity index (χ3v) is 2.22. The Hall–Kier alpha value is -2.82. The molecule has 102 valence electrons. The van der Waals surface area contributed by atoms with Crippen LogP contribution in [0, 0.1) is 12.3 Å². The SMILES string of the molecule is C#CCNC(=O)c1ccc(-c2nnc(C(F)F)o2)cn1. The standard InChI is InChI=1S/C12H8F2N4O2/c1-2-5-15-10(19)8-4-3-7(6-16-8)11-17-18-12(20-11)9(13)14/h1,3-4,6,9H,5H2,(H,15,19). The van der Waals surface area contributed by atoms with Gasteiger partial charge in [0.25, 0.3) is 11.8 Å². The Morgan fingerprint density at radius 1 is 1.45 bits per heavy atom. The fourth-order valence-electron chi connectivity index (χ4n) is 1.32. The summed E-state index contributed by atoms with van der Waals surface area (Å²) < 4.78 is 29.4. The van der Waals surface area contributed by atoms with Gasteiger partial charge in [0.1, 0.15) is 5.69 Å². The predicted octanol–water partition coefficient (Wildman–Crippen LogP) is 1.43. The van der Waals surface area contributed by atoms with E-state index in [9.17, 15) is 13.6 Å². The van der Waals surface area contributed by atoms with E-state index in [4.69, 9.17) is 10.8 Å². The predicted molar refractivity (Wildman–Crippen MR) is 63.7 cm³/mol. The molecule has 0 saturated carbocycles. The second kappa shape index (κ2) is 5.88. The highest BCUT2D eigenvalue weighted by Gasteiger charge is 2.17. The largest absolute Gasteiger partial charge is 0.415 e. The topological polar surface area (TPSA) is 80.9 Å². The molecule has 2 rings (SSSR count). The van der Waals surface area contributed by atoms with Crippen LogP contribution < -0.4 is 5.32 Å². The van der Waals surface area contributed by atoms with Crippen LogP contribution in [0.2, 0.25) is 0 Å². The van der Waals surface area contributed by atoms with Crippen LogP contribution >= 0.6 is 0 Å². The number of amides is 1. The Morgan fingerprint density at radius 3 is 2.80 bits per heavy atom. The first-order valence-electron chi connectivity index (χ1n) is 5.41. The molecule has 20 heavy (non-hydrogen) atoms. The van der Waals surface area contributed by atoms with Gasteiger partial charge in [0.05, 0.1) is 12.1 Å². The fourth-order valence-corrected chi connectivity index (χ4v) is 1.32. The van der Waals surface area contributed by atoms with Crippen LogP contribution in [0.1, 0.15) is 22.8 Å². The van der Waals surface area contributed by atoms with Gasteiger partial charge in [-0.05, 0) is 12.1 Å². The van der Waals surface area contributed by atoms with Crippen molar-refractivity contribution in [2.24, 2.45) is 0 Å². The lowest BCUT2D eigenvalue weighted by atomic mass is 10.2. The Kier molecular flexibility index (Phi) is 4.00. The summed E-state index contributed by atoms with van der Waals surface area (Å²) in [5.74, 6) is 0.956. The van der Waals surface area contributed by atoms with E-state index in [0.29, 0.717) is 5.56 Å². The van der Waals surface area contributed by atoms with Gasteiger partial charge in [-0.3, -0.25) is 9.78 Å². The van der Waals surface area contributed by atoms with Gasteiger partial charge in [0.2, 0.25) is 5.89 Å². The lowest BCUT2D eigenvalue weighted by Gasteiger charge is -2.01. The van der Waals surface area contributed by atoms with E-state index < -0.39 is 18.2 Å². The molecule has 0 aliphatic rings. The molecular formula is C12H8F2N4O2. The minimum Gasteiger partial charge on any atom is -0.415 e. The molecule has 8 heteroatoms. The number of alkyl halides is 2. The molecule has 0 saturated heterocycles. The van der Waals surface area contributed by atoms with Crippen LogP contribution in [0.15, 0.2) is 22.7 Å². The van der Waals surface area contributed by atoms with Crippen molar-refractivity contribution in [3.63, 3.8) is 0 Å². The van der Waals surface area contributed by atoms with Crippen molar-refractivity contribution in [2.75, 3.05) is 6.54 Å². The van der Waals surface area contributed by atoms with Crippen LogP contribution in [0.5, 0.6) is 0 Å². The first-order chi connectivity index (χ1) is 9.61. The van der Waals surface area contributed by atoms with E-state index in [0.717, 1.165) is 0 Å². The summed E-state index contributed by atoms with van der Waals surface area (Å²) >= 11 is 0. The Morgan fingerprint density at radius 2 is 2.25 bits per heavy atom. The summed E-state index contributed by atoms with van der Waals surface area (Å²) in [7, 11) is 0. The number of terminal acetylenes is 1. The summed E-state index contributed by atoms with van der Waals surface area (Å²) in [4.78, 5) is 15.4. The van der Waals surface area contributed by atoms with Crippen molar-refractivity contribution in [2.45, 2.75) is 6.43 Å². The molecule has 0 aliphatic carbocycles. The molecule has 0 atom stereocenters. The monoisotopic (exact) mass is 278 g/mol. The summed E-state index contributed by atoms with van der Waals surface area (Å²) in [5, 5.41) is 9.10. The van der Waals surface area contributed by atoms with Crippen LogP contribution in [0.25, 0.3) is 11.5 Å². The van der Waals surface area contributed by atoms with Gasteiger partial charge in [-0.15, -0.1) is 16.6 Å². The van der Waals surface area contributed by atoms with Crippen LogP contribution in [-0.4, -0.2) is 27.6 Å². The molecule has 0 fully saturated rings. The van der Waals surface area contributed by atoms with E-state index in [2.05, 4.69) is 26.4 Å². The Bertz CT molecular complexity index is 646. The Balaban J connectivity index is 2.15. The number of rotatable bonds is 4. The average molecular weight is 278 g/mol. The zero-order valence-corrected chi connectivity index (χ0v) is 10.0. The van der Waals surface area contributed by atoms with Crippen molar-refractivity contribution in [3.8, 4) is 23.8 Å². The van der Waals surface area contributed by atoms with Gasteiger partial charge in [0, 0.05) is 6.20 Å². The second-order valence-corrected chi connectivity index (χ2v) is 3.57. The highest BCUT2D eigenvalue weighted by molar-refractivity contribution is 5.92. The number of carbonyl (C=O) groups is 1. The number of carbonyl (C=O) groups excluding carboxylic acids is 1. The number of aromatic nitrogens is 3. The number of pyridine rings is 1. The molecule has 1 N–H and O–H groups in total. The molecule has 6 nitrogen and oxygen atoms in total. The normalized spacial score (nSPS) is 10.3. The minimum atomic E-state index is -2.84. The lowest BCUT2D eigenvalue weighted by Crippen LogP contribution is -2.24. The molecular weight excluding hydrogens is 270 g/mol. The first-order valence-corrected chi connectivity index (χ1v) is 5.41. The third kappa shape index (κ3) is 2.95. The first kappa shape index (κ1) is 13.6. The second-order valence-electron chi connectivity index (χ2n) is 3.57. The molecule has 0 bridgehead atoms. The average Bonchev–Trinajstić information content (AvgIpc) is 2.95. The zero-order valence-electron chi connectivity index (χ0n) is 10.0. The molecule has 0 radical (unpaired) electrons. The van der Waals surface area contributed by atoms with Gasteiger partial charge in [-0.25, -0.2) is 0 Å². The van der Waals surface area contributed by atoms with Crippen LogP contribution in [0.4, 0.5) is 8.78 Å². The number of hydrogen-bond donors (Lipinski definition) is 1. The van der Waals surface area contributed by atoms with Crippen molar-refractivity contribution < 1.29 is 18.0 Å². The highest BCUT2D eigenvalue weighted by atomic mass is 19.3. The van der Waals surface area contributed by atoms with Crippen molar-refractivity contribution >= 4 is 5.91 Å². The molecule has 2 aromatic rings. The minimum absolute atomic E-state index is 0.0870. The van der Waals surface area contributed by atoms with Crippen molar-refractivity contribution in [1.82, 2.24) is 20.5 Å². The van der Waals surface area contributed by atoms with E-state index in [1.165, 1.54) is 18.3 Å². The van der Waals surface area contributed by atoms with E-state index in [-0.39, 0.29) is 18.1 Å². The van der Waals surface area contributed by atoms with Gasteiger partial charge in [-0.2, -0.15) is 8.78 Å².